The fourth-order valence-corrected chi connectivity index (χ4v) is 3.71. The predicted octanol–water partition coefficient (Wildman–Crippen LogP) is 1.86. The third-order valence-electron chi connectivity index (χ3n) is 3.67. The molecule has 0 aliphatic carbocycles. The number of benzene rings is 1. The lowest BCUT2D eigenvalue weighted by molar-refractivity contribution is 0.0683. The van der Waals surface area contributed by atoms with E-state index in [9.17, 15) is 13.2 Å². The average Bonchev–Trinajstić information content (AvgIpc) is 2.46. The molecular weight excluding hydrogens is 288 g/mol. The normalized spacial score (nSPS) is 19.5. The van der Waals surface area contributed by atoms with E-state index in [0.717, 1.165) is 25.9 Å². The standard InChI is InChI=1S/C15H22N2O3S/c1-3-16-21(19,20)14-8-4-7-13(10-14)15(18)17-9-5-6-12(2)11-17/h4,7-8,10,12,16H,3,5-6,9,11H2,1-2H3. The summed E-state index contributed by atoms with van der Waals surface area (Å²) >= 11 is 0. The van der Waals surface area contributed by atoms with Crippen LogP contribution in [0.1, 0.15) is 37.0 Å². The van der Waals surface area contributed by atoms with Crippen molar-refractivity contribution in [1.29, 1.82) is 0 Å². The fourth-order valence-electron chi connectivity index (χ4n) is 2.63. The van der Waals surface area contributed by atoms with Crippen LogP contribution in [0.4, 0.5) is 0 Å². The fraction of sp³-hybridized carbons (Fsp3) is 0.533. The molecule has 6 heteroatoms. The van der Waals surface area contributed by atoms with Crippen LogP contribution in [-0.2, 0) is 10.0 Å². The Labute approximate surface area is 126 Å². The Morgan fingerprint density at radius 3 is 2.86 bits per heavy atom. The summed E-state index contributed by atoms with van der Waals surface area (Å²) in [6, 6.07) is 6.25. The Hall–Kier alpha value is -1.40. The van der Waals surface area contributed by atoms with E-state index in [-0.39, 0.29) is 10.8 Å². The number of carbonyl (C=O) groups is 1. The molecule has 21 heavy (non-hydrogen) atoms. The van der Waals surface area contributed by atoms with Gasteiger partial charge in [0.1, 0.15) is 0 Å². The van der Waals surface area contributed by atoms with Crippen LogP contribution in [0.25, 0.3) is 0 Å². The second kappa shape index (κ2) is 6.58. The van der Waals surface area contributed by atoms with Crippen molar-refractivity contribution < 1.29 is 13.2 Å². The van der Waals surface area contributed by atoms with Crippen LogP contribution in [0.15, 0.2) is 29.2 Å². The average molecular weight is 310 g/mol. The van der Waals surface area contributed by atoms with Gasteiger partial charge in [-0.15, -0.1) is 0 Å². The minimum atomic E-state index is -3.53. The third kappa shape index (κ3) is 3.83. The van der Waals surface area contributed by atoms with Gasteiger partial charge in [-0.25, -0.2) is 13.1 Å². The van der Waals surface area contributed by atoms with Crippen molar-refractivity contribution in [3.8, 4) is 0 Å². The van der Waals surface area contributed by atoms with Gasteiger partial charge in [-0.1, -0.05) is 19.9 Å². The van der Waals surface area contributed by atoms with Crippen LogP contribution in [0.5, 0.6) is 0 Å². The Bertz CT molecular complexity index is 613. The first kappa shape index (κ1) is 16.0. The monoisotopic (exact) mass is 310 g/mol. The lowest BCUT2D eigenvalue weighted by atomic mass is 9.99. The summed E-state index contributed by atoms with van der Waals surface area (Å²) in [6.45, 7) is 5.66. The van der Waals surface area contributed by atoms with Crippen molar-refractivity contribution in [3.63, 3.8) is 0 Å². The van der Waals surface area contributed by atoms with Gasteiger partial charge in [-0.2, -0.15) is 0 Å². The summed E-state index contributed by atoms with van der Waals surface area (Å²) < 4.78 is 26.4. The van der Waals surface area contributed by atoms with Crippen molar-refractivity contribution in [2.45, 2.75) is 31.6 Å². The van der Waals surface area contributed by atoms with Crippen molar-refractivity contribution in [1.82, 2.24) is 9.62 Å². The zero-order valence-corrected chi connectivity index (χ0v) is 13.3. The summed E-state index contributed by atoms with van der Waals surface area (Å²) in [6.07, 6.45) is 2.14. The van der Waals surface area contributed by atoms with E-state index in [1.54, 1.807) is 19.1 Å². The Kier molecular flexibility index (Phi) is 5.00. The molecule has 1 unspecified atom stereocenters. The number of nitrogens with zero attached hydrogens (tertiary/aromatic N) is 1. The summed E-state index contributed by atoms with van der Waals surface area (Å²) in [5.41, 5.74) is 0.433. The van der Waals surface area contributed by atoms with Gasteiger partial charge in [0.25, 0.3) is 5.91 Å². The van der Waals surface area contributed by atoms with Gasteiger partial charge in [-0.3, -0.25) is 4.79 Å². The lowest BCUT2D eigenvalue weighted by Crippen LogP contribution is -2.39. The van der Waals surface area contributed by atoms with Crippen molar-refractivity contribution >= 4 is 15.9 Å². The minimum Gasteiger partial charge on any atom is -0.338 e. The van der Waals surface area contributed by atoms with Crippen LogP contribution in [-0.4, -0.2) is 38.9 Å². The van der Waals surface area contributed by atoms with Gasteiger partial charge < -0.3 is 4.90 Å². The second-order valence-corrected chi connectivity index (χ2v) is 7.29. The van der Waals surface area contributed by atoms with E-state index in [2.05, 4.69) is 11.6 Å². The van der Waals surface area contributed by atoms with E-state index in [1.165, 1.54) is 12.1 Å². The Balaban J connectivity index is 2.23. The van der Waals surface area contributed by atoms with Gasteiger partial charge in [-0.05, 0) is 37.0 Å². The molecule has 0 saturated carbocycles. The Morgan fingerprint density at radius 1 is 1.43 bits per heavy atom. The smallest absolute Gasteiger partial charge is 0.253 e. The largest absolute Gasteiger partial charge is 0.338 e. The molecule has 1 saturated heterocycles. The summed E-state index contributed by atoms with van der Waals surface area (Å²) in [7, 11) is -3.53. The highest BCUT2D eigenvalue weighted by Gasteiger charge is 2.23. The molecule has 1 amide bonds. The summed E-state index contributed by atoms with van der Waals surface area (Å²) in [5, 5.41) is 0. The van der Waals surface area contributed by atoms with Gasteiger partial charge in [0, 0.05) is 25.2 Å². The van der Waals surface area contributed by atoms with Crippen LogP contribution in [0.2, 0.25) is 0 Å². The molecule has 1 aliphatic rings. The molecule has 1 fully saturated rings. The summed E-state index contributed by atoms with van der Waals surface area (Å²) in [5.74, 6) is 0.409. The molecule has 2 rings (SSSR count). The molecule has 1 heterocycles. The minimum absolute atomic E-state index is 0.0879. The van der Waals surface area contributed by atoms with Crippen LogP contribution < -0.4 is 4.72 Å². The molecule has 0 aromatic heterocycles. The lowest BCUT2D eigenvalue weighted by Gasteiger charge is -2.31. The highest BCUT2D eigenvalue weighted by atomic mass is 32.2. The van der Waals surface area contributed by atoms with Crippen LogP contribution >= 0.6 is 0 Å². The zero-order valence-electron chi connectivity index (χ0n) is 12.5. The quantitative estimate of drug-likeness (QED) is 0.923. The van der Waals surface area contributed by atoms with Gasteiger partial charge in [0.2, 0.25) is 10.0 Å². The first-order valence-electron chi connectivity index (χ1n) is 7.33. The molecule has 5 nitrogen and oxygen atoms in total. The molecule has 116 valence electrons. The van der Waals surface area contributed by atoms with E-state index in [0.29, 0.717) is 18.0 Å². The van der Waals surface area contributed by atoms with Gasteiger partial charge in [0.15, 0.2) is 0 Å². The van der Waals surface area contributed by atoms with Crippen molar-refractivity contribution in [3.05, 3.63) is 29.8 Å². The molecule has 0 radical (unpaired) electrons. The van der Waals surface area contributed by atoms with E-state index >= 15 is 0 Å². The third-order valence-corrected chi connectivity index (χ3v) is 5.21. The molecule has 1 aromatic carbocycles. The zero-order chi connectivity index (χ0) is 15.5. The van der Waals surface area contributed by atoms with Crippen LogP contribution in [0, 0.1) is 5.92 Å². The maximum absolute atomic E-state index is 12.5. The Morgan fingerprint density at radius 2 is 2.19 bits per heavy atom. The molecule has 1 aliphatic heterocycles. The number of piperidine rings is 1. The molecule has 1 N–H and O–H groups in total. The number of likely N-dealkylation sites (tertiary alicyclic amines) is 1. The SMILES string of the molecule is CCNS(=O)(=O)c1cccc(C(=O)N2CCCC(C)C2)c1. The topological polar surface area (TPSA) is 66.5 Å². The molecule has 0 bridgehead atoms. The number of hydrogen-bond donors (Lipinski definition) is 1. The van der Waals surface area contributed by atoms with E-state index in [4.69, 9.17) is 0 Å². The molecule has 0 spiro atoms. The van der Waals surface area contributed by atoms with Gasteiger partial charge >= 0.3 is 0 Å². The molecule has 1 aromatic rings. The maximum atomic E-state index is 12.5. The number of hydrogen-bond acceptors (Lipinski definition) is 3. The van der Waals surface area contributed by atoms with Crippen molar-refractivity contribution in [2.75, 3.05) is 19.6 Å². The van der Waals surface area contributed by atoms with Gasteiger partial charge in [0.05, 0.1) is 4.90 Å². The highest BCUT2D eigenvalue weighted by Crippen LogP contribution is 2.19. The number of sulfonamides is 1. The van der Waals surface area contributed by atoms with Crippen molar-refractivity contribution in [2.24, 2.45) is 5.92 Å². The number of amides is 1. The number of nitrogens with one attached hydrogen (secondary N) is 1. The maximum Gasteiger partial charge on any atom is 0.253 e. The number of carbonyl (C=O) groups excluding carboxylic acids is 1. The second-order valence-electron chi connectivity index (χ2n) is 5.53. The number of rotatable bonds is 4. The predicted molar refractivity (Wildman–Crippen MR) is 81.6 cm³/mol. The highest BCUT2D eigenvalue weighted by molar-refractivity contribution is 7.89. The van der Waals surface area contributed by atoms with E-state index in [1.807, 2.05) is 4.90 Å². The van der Waals surface area contributed by atoms with E-state index < -0.39 is 10.0 Å². The summed E-state index contributed by atoms with van der Waals surface area (Å²) in [4.78, 5) is 14.4. The van der Waals surface area contributed by atoms with Crippen LogP contribution in [0.3, 0.4) is 0 Å². The first-order chi connectivity index (χ1) is 9.94. The molecule has 1 atom stereocenters. The first-order valence-corrected chi connectivity index (χ1v) is 8.81. The molecular formula is C15H22N2O3S.